The van der Waals surface area contributed by atoms with Crippen LogP contribution in [0.1, 0.15) is 0 Å². The molecule has 0 bridgehead atoms. The highest BCUT2D eigenvalue weighted by molar-refractivity contribution is 9.10. The zero-order valence-corrected chi connectivity index (χ0v) is 14.4. The van der Waals surface area contributed by atoms with E-state index >= 15 is 0 Å². The third kappa shape index (κ3) is 3.53. The molecule has 7 heteroatoms. The molecule has 2 aromatic rings. The maximum Gasteiger partial charge on any atom is 0.261 e. The van der Waals surface area contributed by atoms with E-state index in [2.05, 4.69) is 36.6 Å². The van der Waals surface area contributed by atoms with Gasteiger partial charge in [0.2, 0.25) is 0 Å². The standard InChI is InChI=1S/C13H11Br2NO3S/c1-19-13-6-5-11(8-12(13)15)20(17,18)16-10-4-2-3-9(14)7-10/h2-8,16H,1H3. The van der Waals surface area contributed by atoms with Gasteiger partial charge in [0, 0.05) is 10.2 Å². The second-order valence-corrected chi connectivity index (χ2v) is 7.36. The van der Waals surface area contributed by atoms with Gasteiger partial charge in [-0.05, 0) is 52.3 Å². The van der Waals surface area contributed by atoms with E-state index in [0.29, 0.717) is 15.9 Å². The molecule has 20 heavy (non-hydrogen) atoms. The number of benzene rings is 2. The van der Waals surface area contributed by atoms with Gasteiger partial charge in [-0.1, -0.05) is 22.0 Å². The molecule has 2 aromatic carbocycles. The summed E-state index contributed by atoms with van der Waals surface area (Å²) in [7, 11) is -2.11. The molecule has 0 spiro atoms. The Hall–Kier alpha value is -1.05. The van der Waals surface area contributed by atoms with Crippen molar-refractivity contribution in [3.05, 3.63) is 51.4 Å². The summed E-state index contributed by atoms with van der Waals surface area (Å²) in [4.78, 5) is 0.158. The van der Waals surface area contributed by atoms with Crippen LogP contribution in [-0.2, 0) is 10.0 Å². The number of sulfonamides is 1. The quantitative estimate of drug-likeness (QED) is 0.812. The number of nitrogens with one attached hydrogen (secondary N) is 1. The molecular formula is C13H11Br2NO3S. The highest BCUT2D eigenvalue weighted by Crippen LogP contribution is 2.28. The Morgan fingerprint density at radius 2 is 1.85 bits per heavy atom. The minimum absolute atomic E-state index is 0.158. The van der Waals surface area contributed by atoms with Crippen LogP contribution in [0.3, 0.4) is 0 Å². The molecule has 0 saturated heterocycles. The van der Waals surface area contributed by atoms with Crippen molar-refractivity contribution < 1.29 is 13.2 Å². The predicted molar refractivity (Wildman–Crippen MR) is 85.6 cm³/mol. The molecule has 0 radical (unpaired) electrons. The summed E-state index contributed by atoms with van der Waals surface area (Å²) in [6.45, 7) is 0. The summed E-state index contributed by atoms with van der Waals surface area (Å²) < 4.78 is 33.5. The molecule has 106 valence electrons. The fourth-order valence-corrected chi connectivity index (χ4v) is 3.75. The zero-order valence-electron chi connectivity index (χ0n) is 10.4. The number of hydrogen-bond donors (Lipinski definition) is 1. The molecule has 2 rings (SSSR count). The van der Waals surface area contributed by atoms with E-state index in [9.17, 15) is 8.42 Å². The normalized spacial score (nSPS) is 11.2. The van der Waals surface area contributed by atoms with Gasteiger partial charge in [0.05, 0.1) is 16.5 Å². The van der Waals surface area contributed by atoms with Crippen molar-refractivity contribution in [2.45, 2.75) is 4.90 Å². The van der Waals surface area contributed by atoms with Crippen molar-refractivity contribution in [1.29, 1.82) is 0 Å². The van der Waals surface area contributed by atoms with E-state index < -0.39 is 10.0 Å². The lowest BCUT2D eigenvalue weighted by atomic mass is 10.3. The maximum absolute atomic E-state index is 12.3. The van der Waals surface area contributed by atoms with Gasteiger partial charge in [-0.3, -0.25) is 4.72 Å². The lowest BCUT2D eigenvalue weighted by Gasteiger charge is -2.10. The molecule has 0 aliphatic carbocycles. The van der Waals surface area contributed by atoms with Gasteiger partial charge in [-0.2, -0.15) is 0 Å². The molecule has 0 amide bonds. The van der Waals surface area contributed by atoms with Gasteiger partial charge < -0.3 is 4.74 Å². The van der Waals surface area contributed by atoms with E-state index in [1.165, 1.54) is 19.2 Å². The number of methoxy groups -OCH3 is 1. The Kier molecular flexibility index (Phi) is 4.72. The molecular weight excluding hydrogens is 410 g/mol. The monoisotopic (exact) mass is 419 g/mol. The van der Waals surface area contributed by atoms with Gasteiger partial charge in [-0.25, -0.2) is 8.42 Å². The summed E-state index contributed by atoms with van der Waals surface area (Å²) in [6.07, 6.45) is 0. The minimum Gasteiger partial charge on any atom is -0.496 e. The first-order valence-corrected chi connectivity index (χ1v) is 8.61. The summed E-state index contributed by atoms with van der Waals surface area (Å²) in [5, 5.41) is 0. The fraction of sp³-hybridized carbons (Fsp3) is 0.0769. The number of halogens is 2. The SMILES string of the molecule is COc1ccc(S(=O)(=O)Nc2cccc(Br)c2)cc1Br. The molecule has 4 nitrogen and oxygen atoms in total. The van der Waals surface area contributed by atoms with Crippen LogP contribution in [0.15, 0.2) is 56.3 Å². The van der Waals surface area contributed by atoms with Gasteiger partial charge in [0.25, 0.3) is 10.0 Å². The molecule has 0 aliphatic heterocycles. The van der Waals surface area contributed by atoms with Gasteiger partial charge >= 0.3 is 0 Å². The van der Waals surface area contributed by atoms with Crippen LogP contribution in [0.4, 0.5) is 5.69 Å². The Morgan fingerprint density at radius 3 is 2.45 bits per heavy atom. The number of ether oxygens (including phenoxy) is 1. The van der Waals surface area contributed by atoms with E-state index in [-0.39, 0.29) is 4.90 Å². The van der Waals surface area contributed by atoms with Crippen molar-refractivity contribution in [3.63, 3.8) is 0 Å². The highest BCUT2D eigenvalue weighted by atomic mass is 79.9. The average molecular weight is 421 g/mol. The van der Waals surface area contributed by atoms with Crippen LogP contribution in [0, 0.1) is 0 Å². The second-order valence-electron chi connectivity index (χ2n) is 3.91. The lowest BCUT2D eigenvalue weighted by Crippen LogP contribution is -2.13. The second kappa shape index (κ2) is 6.15. The van der Waals surface area contributed by atoms with Gasteiger partial charge in [0.15, 0.2) is 0 Å². The van der Waals surface area contributed by atoms with Gasteiger partial charge in [-0.15, -0.1) is 0 Å². The van der Waals surface area contributed by atoms with Crippen molar-refractivity contribution in [2.24, 2.45) is 0 Å². The first-order valence-electron chi connectivity index (χ1n) is 5.54. The summed E-state index contributed by atoms with van der Waals surface area (Å²) in [5.74, 6) is 0.575. The van der Waals surface area contributed by atoms with Crippen LogP contribution in [0.25, 0.3) is 0 Å². The van der Waals surface area contributed by atoms with Crippen LogP contribution in [-0.4, -0.2) is 15.5 Å². The number of rotatable bonds is 4. The first kappa shape index (κ1) is 15.3. The number of anilines is 1. The van der Waals surface area contributed by atoms with Crippen molar-refractivity contribution >= 4 is 47.6 Å². The molecule has 0 aromatic heterocycles. The Bertz CT molecular complexity index is 732. The average Bonchev–Trinajstić information content (AvgIpc) is 2.38. The summed E-state index contributed by atoms with van der Waals surface area (Å²) in [6, 6.07) is 11.5. The first-order chi connectivity index (χ1) is 9.42. The Labute approximate surface area is 134 Å². The topological polar surface area (TPSA) is 55.4 Å². The van der Waals surface area contributed by atoms with Crippen LogP contribution >= 0.6 is 31.9 Å². The van der Waals surface area contributed by atoms with Crippen molar-refractivity contribution in [3.8, 4) is 5.75 Å². The smallest absolute Gasteiger partial charge is 0.261 e. The maximum atomic E-state index is 12.3. The molecule has 0 fully saturated rings. The number of hydrogen-bond acceptors (Lipinski definition) is 3. The van der Waals surface area contributed by atoms with Gasteiger partial charge in [0.1, 0.15) is 5.75 Å². The molecule has 0 heterocycles. The van der Waals surface area contributed by atoms with E-state index in [1.54, 1.807) is 24.3 Å². The largest absolute Gasteiger partial charge is 0.496 e. The lowest BCUT2D eigenvalue weighted by molar-refractivity contribution is 0.411. The third-order valence-corrected chi connectivity index (χ3v) is 5.00. The van der Waals surface area contributed by atoms with E-state index in [0.717, 1.165) is 4.47 Å². The molecule has 0 saturated carbocycles. The highest BCUT2D eigenvalue weighted by Gasteiger charge is 2.16. The van der Waals surface area contributed by atoms with Crippen molar-refractivity contribution in [1.82, 2.24) is 0 Å². The molecule has 1 N–H and O–H groups in total. The molecule has 0 aliphatic rings. The fourth-order valence-electron chi connectivity index (χ4n) is 1.58. The summed E-state index contributed by atoms with van der Waals surface area (Å²) >= 11 is 6.57. The van der Waals surface area contributed by atoms with Crippen molar-refractivity contribution in [2.75, 3.05) is 11.8 Å². The van der Waals surface area contributed by atoms with Crippen LogP contribution < -0.4 is 9.46 Å². The van der Waals surface area contributed by atoms with Crippen LogP contribution in [0.5, 0.6) is 5.75 Å². The zero-order chi connectivity index (χ0) is 14.8. The summed E-state index contributed by atoms with van der Waals surface area (Å²) in [5.41, 5.74) is 0.492. The van der Waals surface area contributed by atoms with E-state index in [1.807, 2.05) is 6.07 Å². The Morgan fingerprint density at radius 1 is 1.10 bits per heavy atom. The van der Waals surface area contributed by atoms with Crippen LogP contribution in [0.2, 0.25) is 0 Å². The minimum atomic E-state index is -3.63. The van der Waals surface area contributed by atoms with E-state index in [4.69, 9.17) is 4.74 Å². The molecule has 0 unspecified atom stereocenters. The predicted octanol–water partition coefficient (Wildman–Crippen LogP) is 4.02. The third-order valence-electron chi connectivity index (χ3n) is 2.51. The molecule has 0 atom stereocenters. The Balaban J connectivity index is 2.33.